The maximum Gasteiger partial charge on any atom is 0.243 e. The van der Waals surface area contributed by atoms with Crippen LogP contribution in [0.5, 0.6) is 0 Å². The van der Waals surface area contributed by atoms with Gasteiger partial charge in [0.1, 0.15) is 0 Å². The first-order valence-electron chi connectivity index (χ1n) is 12.5. The van der Waals surface area contributed by atoms with Crippen molar-refractivity contribution >= 4 is 21.8 Å². The number of carbonyl (C=O) groups excluding carboxylic acids is 2. The summed E-state index contributed by atoms with van der Waals surface area (Å²) in [6, 6.07) is 6.96. The molecule has 1 aromatic rings. The smallest absolute Gasteiger partial charge is 0.243 e. The topological polar surface area (TPSA) is 78.0 Å². The van der Waals surface area contributed by atoms with E-state index in [4.69, 9.17) is 0 Å². The molecule has 3 saturated heterocycles. The maximum atomic E-state index is 12.8. The van der Waals surface area contributed by atoms with Gasteiger partial charge in [0.05, 0.1) is 4.90 Å². The van der Waals surface area contributed by atoms with Crippen LogP contribution in [0.4, 0.5) is 0 Å². The highest BCUT2D eigenvalue weighted by Gasteiger charge is 2.31. The van der Waals surface area contributed by atoms with Gasteiger partial charge < -0.3 is 9.80 Å². The molecule has 0 aliphatic carbocycles. The first-order valence-corrected chi connectivity index (χ1v) is 13.9. The van der Waals surface area contributed by atoms with Crippen LogP contribution in [0.2, 0.25) is 0 Å². The van der Waals surface area contributed by atoms with Crippen molar-refractivity contribution in [2.45, 2.75) is 63.2 Å². The van der Waals surface area contributed by atoms with Crippen molar-refractivity contribution < 1.29 is 18.0 Å². The summed E-state index contributed by atoms with van der Waals surface area (Å²) in [5, 5.41) is 0. The summed E-state index contributed by atoms with van der Waals surface area (Å²) in [7, 11) is -3.40. The number of piperidine rings is 2. The Hall–Kier alpha value is -1.93. The molecule has 0 aromatic heterocycles. The molecular weight excluding hydrogens is 438 g/mol. The number of sulfonamides is 1. The SMILES string of the molecule is CC1CCN(C(=O)C2CCN(C(=O)CCc3ccc(S(=O)(=O)N4CCCC4)cc3)CC2)CC1. The molecule has 0 spiro atoms. The van der Waals surface area contributed by atoms with Gasteiger partial charge in [-0.05, 0) is 68.6 Å². The highest BCUT2D eigenvalue weighted by atomic mass is 32.2. The lowest BCUT2D eigenvalue weighted by Gasteiger charge is -2.36. The molecule has 0 N–H and O–H groups in total. The van der Waals surface area contributed by atoms with Crippen molar-refractivity contribution in [3.8, 4) is 0 Å². The molecule has 0 saturated carbocycles. The van der Waals surface area contributed by atoms with Gasteiger partial charge in [0, 0.05) is 51.6 Å². The Kier molecular flexibility index (Phi) is 7.74. The molecule has 3 aliphatic rings. The Labute approximate surface area is 198 Å². The van der Waals surface area contributed by atoms with Crippen molar-refractivity contribution in [2.75, 3.05) is 39.3 Å². The molecular formula is C25H37N3O4S. The van der Waals surface area contributed by atoms with Crippen LogP contribution in [0.1, 0.15) is 57.4 Å². The Morgan fingerprint density at radius 1 is 0.848 bits per heavy atom. The summed E-state index contributed by atoms with van der Waals surface area (Å²) in [5.41, 5.74) is 0.966. The fraction of sp³-hybridized carbons (Fsp3) is 0.680. The van der Waals surface area contributed by atoms with Crippen LogP contribution >= 0.6 is 0 Å². The zero-order chi connectivity index (χ0) is 23.4. The van der Waals surface area contributed by atoms with Gasteiger partial charge in [-0.15, -0.1) is 0 Å². The van der Waals surface area contributed by atoms with Gasteiger partial charge in [0.2, 0.25) is 21.8 Å². The molecule has 8 heteroatoms. The average molecular weight is 476 g/mol. The van der Waals surface area contributed by atoms with E-state index in [1.165, 1.54) is 0 Å². The highest BCUT2D eigenvalue weighted by Crippen LogP contribution is 2.25. The van der Waals surface area contributed by atoms with E-state index in [2.05, 4.69) is 6.92 Å². The molecule has 3 aliphatic heterocycles. The number of nitrogens with zero attached hydrogens (tertiary/aromatic N) is 3. The minimum atomic E-state index is -3.40. The highest BCUT2D eigenvalue weighted by molar-refractivity contribution is 7.89. The van der Waals surface area contributed by atoms with Crippen LogP contribution in [-0.4, -0.2) is 73.6 Å². The first kappa shape index (κ1) is 24.2. The van der Waals surface area contributed by atoms with E-state index in [1.54, 1.807) is 16.4 Å². The van der Waals surface area contributed by atoms with Crippen molar-refractivity contribution in [3.63, 3.8) is 0 Å². The van der Waals surface area contributed by atoms with E-state index in [0.29, 0.717) is 49.8 Å². The van der Waals surface area contributed by atoms with Crippen molar-refractivity contribution in [1.82, 2.24) is 14.1 Å². The number of amides is 2. The third-order valence-electron chi connectivity index (χ3n) is 7.55. The van der Waals surface area contributed by atoms with E-state index in [1.807, 2.05) is 21.9 Å². The maximum absolute atomic E-state index is 12.8. The van der Waals surface area contributed by atoms with Gasteiger partial charge in [-0.1, -0.05) is 19.1 Å². The van der Waals surface area contributed by atoms with Gasteiger partial charge in [0.15, 0.2) is 0 Å². The number of rotatable bonds is 6. The van der Waals surface area contributed by atoms with Gasteiger partial charge in [-0.25, -0.2) is 8.42 Å². The summed E-state index contributed by atoms with van der Waals surface area (Å²) in [6.45, 7) is 6.47. The van der Waals surface area contributed by atoms with Crippen molar-refractivity contribution in [2.24, 2.45) is 11.8 Å². The first-order chi connectivity index (χ1) is 15.8. The quantitative estimate of drug-likeness (QED) is 0.634. The van der Waals surface area contributed by atoms with Crippen molar-refractivity contribution in [3.05, 3.63) is 29.8 Å². The van der Waals surface area contributed by atoms with E-state index >= 15 is 0 Å². The van der Waals surface area contributed by atoms with Crippen LogP contribution < -0.4 is 0 Å². The zero-order valence-corrected chi connectivity index (χ0v) is 20.6. The summed E-state index contributed by atoms with van der Waals surface area (Å²) in [6.07, 6.45) is 6.51. The molecule has 3 heterocycles. The minimum absolute atomic E-state index is 0.0487. The summed E-state index contributed by atoms with van der Waals surface area (Å²) in [4.78, 5) is 29.8. The second-order valence-corrected chi connectivity index (χ2v) is 11.9. The van der Waals surface area contributed by atoms with Gasteiger partial charge in [0.25, 0.3) is 0 Å². The fourth-order valence-corrected chi connectivity index (χ4v) is 6.70. The molecule has 4 rings (SSSR count). The molecule has 0 atom stereocenters. The Morgan fingerprint density at radius 2 is 1.42 bits per heavy atom. The molecule has 7 nitrogen and oxygen atoms in total. The average Bonchev–Trinajstić information content (AvgIpc) is 3.39. The monoisotopic (exact) mass is 475 g/mol. The van der Waals surface area contributed by atoms with E-state index in [9.17, 15) is 18.0 Å². The van der Waals surface area contributed by atoms with E-state index < -0.39 is 10.0 Å². The van der Waals surface area contributed by atoms with Crippen molar-refractivity contribution in [1.29, 1.82) is 0 Å². The summed E-state index contributed by atoms with van der Waals surface area (Å²) >= 11 is 0. The minimum Gasteiger partial charge on any atom is -0.343 e. The predicted octanol–water partition coefficient (Wildman–Crippen LogP) is 2.90. The number of benzene rings is 1. The molecule has 1 aromatic carbocycles. The van der Waals surface area contributed by atoms with Crippen LogP contribution in [0, 0.1) is 11.8 Å². The lowest BCUT2D eigenvalue weighted by Crippen LogP contribution is -2.46. The van der Waals surface area contributed by atoms with Crippen LogP contribution in [0.25, 0.3) is 0 Å². The number of hydrogen-bond donors (Lipinski definition) is 0. The Morgan fingerprint density at radius 3 is 2.03 bits per heavy atom. The molecule has 182 valence electrons. The Balaban J connectivity index is 1.22. The van der Waals surface area contributed by atoms with E-state index in [0.717, 1.165) is 57.2 Å². The fourth-order valence-electron chi connectivity index (χ4n) is 5.18. The number of aryl methyl sites for hydroxylation is 1. The summed E-state index contributed by atoms with van der Waals surface area (Å²) < 4.78 is 26.8. The van der Waals surface area contributed by atoms with Crippen LogP contribution in [0.15, 0.2) is 29.2 Å². The van der Waals surface area contributed by atoms with Gasteiger partial charge in [-0.2, -0.15) is 4.31 Å². The van der Waals surface area contributed by atoms with E-state index in [-0.39, 0.29) is 17.7 Å². The number of carbonyl (C=O) groups is 2. The molecule has 3 fully saturated rings. The molecule has 0 bridgehead atoms. The van der Waals surface area contributed by atoms with Crippen LogP contribution in [-0.2, 0) is 26.0 Å². The lowest BCUT2D eigenvalue weighted by molar-refractivity contribution is -0.141. The Bertz CT molecular complexity index is 925. The summed E-state index contributed by atoms with van der Waals surface area (Å²) in [5.74, 6) is 1.14. The predicted molar refractivity (Wildman–Crippen MR) is 127 cm³/mol. The third-order valence-corrected chi connectivity index (χ3v) is 9.46. The zero-order valence-electron chi connectivity index (χ0n) is 19.7. The standard InChI is InChI=1S/C25H37N3O4S/c1-20-10-16-27(17-11-20)25(30)22-12-18-26(19-13-22)24(29)9-6-21-4-7-23(8-5-21)33(31,32)28-14-2-3-15-28/h4-5,7-8,20,22H,2-3,6,9-19H2,1H3. The second-order valence-electron chi connectivity index (χ2n) is 9.92. The molecule has 0 unspecified atom stereocenters. The van der Waals surface area contributed by atoms with Gasteiger partial charge >= 0.3 is 0 Å². The number of hydrogen-bond acceptors (Lipinski definition) is 4. The molecule has 33 heavy (non-hydrogen) atoms. The number of likely N-dealkylation sites (tertiary alicyclic amines) is 2. The van der Waals surface area contributed by atoms with Gasteiger partial charge in [-0.3, -0.25) is 9.59 Å². The largest absolute Gasteiger partial charge is 0.343 e. The molecule has 2 amide bonds. The second kappa shape index (κ2) is 10.6. The molecule has 0 radical (unpaired) electrons. The normalized spacial score (nSPS) is 21.5. The third kappa shape index (κ3) is 5.77. The van der Waals surface area contributed by atoms with Crippen LogP contribution in [0.3, 0.4) is 0 Å². The lowest BCUT2D eigenvalue weighted by atomic mass is 9.92.